The van der Waals surface area contributed by atoms with Gasteiger partial charge in [-0.1, -0.05) is 24.3 Å². The highest BCUT2D eigenvalue weighted by Crippen LogP contribution is 2.45. The largest absolute Gasteiger partial charge is 0.478 e. The minimum absolute atomic E-state index is 0. The van der Waals surface area contributed by atoms with E-state index in [0.29, 0.717) is 29.3 Å². The first-order chi connectivity index (χ1) is 12.5. The first kappa shape index (κ1) is 22.5. The SMILES string of the molecule is Cc1ccc(C(=O)O)c(N2C[C@@H]3CN(C)[C@H](c4ccccc4C)[C@@H]3C2)n1.Cl.Cl. The highest BCUT2D eigenvalue weighted by Gasteiger charge is 2.47. The second kappa shape index (κ2) is 8.68. The Labute approximate surface area is 178 Å². The number of carbonyl (C=O) groups is 1. The molecular weight excluding hydrogens is 397 g/mol. The van der Waals surface area contributed by atoms with Crippen LogP contribution in [0.5, 0.6) is 0 Å². The highest BCUT2D eigenvalue weighted by atomic mass is 35.5. The van der Waals surface area contributed by atoms with Crippen LogP contribution in [0.4, 0.5) is 5.82 Å². The number of hydrogen-bond acceptors (Lipinski definition) is 4. The Bertz CT molecular complexity index is 861. The van der Waals surface area contributed by atoms with Gasteiger partial charge in [-0.15, -0.1) is 24.8 Å². The molecule has 0 spiro atoms. The molecule has 28 heavy (non-hydrogen) atoms. The fourth-order valence-electron chi connectivity index (χ4n) is 4.77. The van der Waals surface area contributed by atoms with Crippen molar-refractivity contribution >= 4 is 36.6 Å². The number of benzene rings is 1. The van der Waals surface area contributed by atoms with E-state index in [-0.39, 0.29) is 24.8 Å². The van der Waals surface area contributed by atoms with Crippen LogP contribution < -0.4 is 4.90 Å². The highest BCUT2D eigenvalue weighted by molar-refractivity contribution is 5.93. The van der Waals surface area contributed by atoms with Crippen molar-refractivity contribution in [1.82, 2.24) is 9.88 Å². The molecule has 0 radical (unpaired) electrons. The predicted octanol–water partition coefficient (Wildman–Crippen LogP) is 3.98. The Morgan fingerprint density at radius 3 is 2.46 bits per heavy atom. The lowest BCUT2D eigenvalue weighted by Crippen LogP contribution is -2.30. The van der Waals surface area contributed by atoms with E-state index in [4.69, 9.17) is 0 Å². The summed E-state index contributed by atoms with van der Waals surface area (Å²) in [6.07, 6.45) is 0. The van der Waals surface area contributed by atoms with E-state index in [0.717, 1.165) is 25.3 Å². The summed E-state index contributed by atoms with van der Waals surface area (Å²) in [7, 11) is 2.20. The molecule has 3 atom stereocenters. The number of carboxylic acid groups (broad SMARTS) is 1. The standard InChI is InChI=1S/C21H25N3O2.2ClH/c1-13-6-4-5-7-16(13)19-18-12-24(11-15(18)10-23(19)3)20-17(21(25)26)9-8-14(2)22-20;;/h4-9,15,18-19H,10-12H2,1-3H3,(H,25,26);2*1H/t15-,18+,19+;;/m0../s1. The average molecular weight is 424 g/mol. The van der Waals surface area contributed by atoms with Crippen molar-refractivity contribution in [2.24, 2.45) is 11.8 Å². The zero-order valence-corrected chi connectivity index (χ0v) is 18.0. The number of halogens is 2. The molecule has 1 aromatic heterocycles. The number of carboxylic acids is 1. The lowest BCUT2D eigenvalue weighted by Gasteiger charge is -2.28. The van der Waals surface area contributed by atoms with Crippen LogP contribution in [-0.4, -0.2) is 47.6 Å². The Morgan fingerprint density at radius 1 is 1.07 bits per heavy atom. The molecule has 2 aliphatic rings. The van der Waals surface area contributed by atoms with Crippen molar-refractivity contribution in [3.63, 3.8) is 0 Å². The summed E-state index contributed by atoms with van der Waals surface area (Å²) < 4.78 is 0. The van der Waals surface area contributed by atoms with Gasteiger partial charge in [-0.05, 0) is 50.1 Å². The minimum Gasteiger partial charge on any atom is -0.478 e. The summed E-state index contributed by atoms with van der Waals surface area (Å²) in [4.78, 5) is 20.9. The number of aromatic nitrogens is 1. The van der Waals surface area contributed by atoms with E-state index < -0.39 is 5.97 Å². The number of rotatable bonds is 3. The summed E-state index contributed by atoms with van der Waals surface area (Å²) in [5.41, 5.74) is 3.87. The molecule has 0 saturated carbocycles. The molecular formula is C21H27Cl2N3O2. The average Bonchev–Trinajstić information content (AvgIpc) is 3.12. The van der Waals surface area contributed by atoms with Gasteiger partial charge in [-0.25, -0.2) is 9.78 Å². The normalized spacial score (nSPS) is 23.7. The van der Waals surface area contributed by atoms with E-state index in [1.807, 2.05) is 6.92 Å². The van der Waals surface area contributed by atoms with Crippen LogP contribution in [0.3, 0.4) is 0 Å². The number of fused-ring (bicyclic) bond motifs is 1. The molecule has 0 aliphatic carbocycles. The molecule has 4 rings (SSSR count). The van der Waals surface area contributed by atoms with Gasteiger partial charge >= 0.3 is 5.97 Å². The van der Waals surface area contributed by atoms with Crippen molar-refractivity contribution < 1.29 is 9.90 Å². The van der Waals surface area contributed by atoms with Crippen LogP contribution in [0.2, 0.25) is 0 Å². The van der Waals surface area contributed by atoms with Crippen molar-refractivity contribution in [2.45, 2.75) is 19.9 Å². The second-order valence-corrected chi connectivity index (χ2v) is 7.70. The van der Waals surface area contributed by atoms with Gasteiger partial charge in [0.15, 0.2) is 0 Å². The van der Waals surface area contributed by atoms with Crippen LogP contribution in [0.1, 0.15) is 33.2 Å². The zero-order valence-electron chi connectivity index (χ0n) is 16.3. The molecule has 0 bridgehead atoms. The number of pyridine rings is 1. The van der Waals surface area contributed by atoms with E-state index in [9.17, 15) is 9.90 Å². The number of likely N-dealkylation sites (tertiary alicyclic amines) is 1. The van der Waals surface area contributed by atoms with Gasteiger partial charge in [0, 0.05) is 37.3 Å². The Balaban J connectivity index is 0.00000140. The molecule has 1 N–H and O–H groups in total. The summed E-state index contributed by atoms with van der Waals surface area (Å²) in [6, 6.07) is 12.4. The molecule has 0 unspecified atom stereocenters. The van der Waals surface area contributed by atoms with Crippen LogP contribution in [0, 0.1) is 25.7 Å². The van der Waals surface area contributed by atoms with Gasteiger partial charge in [-0.2, -0.15) is 0 Å². The van der Waals surface area contributed by atoms with E-state index in [1.54, 1.807) is 12.1 Å². The van der Waals surface area contributed by atoms with Crippen molar-refractivity contribution in [2.75, 3.05) is 31.6 Å². The fourth-order valence-corrected chi connectivity index (χ4v) is 4.77. The molecule has 0 amide bonds. The number of anilines is 1. The molecule has 5 nitrogen and oxygen atoms in total. The molecule has 2 aliphatic heterocycles. The third kappa shape index (κ3) is 3.84. The number of hydrogen-bond donors (Lipinski definition) is 1. The summed E-state index contributed by atoms with van der Waals surface area (Å²) in [5.74, 6) is 0.744. The van der Waals surface area contributed by atoms with E-state index >= 15 is 0 Å². The van der Waals surface area contributed by atoms with Gasteiger partial charge in [0.2, 0.25) is 0 Å². The number of aromatic carboxylic acids is 1. The smallest absolute Gasteiger partial charge is 0.339 e. The molecule has 152 valence electrons. The summed E-state index contributed by atoms with van der Waals surface area (Å²) in [5, 5.41) is 9.55. The van der Waals surface area contributed by atoms with Gasteiger partial charge in [0.25, 0.3) is 0 Å². The fraction of sp³-hybridized carbons (Fsp3) is 0.429. The Kier molecular flexibility index (Phi) is 6.97. The van der Waals surface area contributed by atoms with Crippen molar-refractivity contribution in [3.8, 4) is 0 Å². The maximum atomic E-state index is 11.6. The van der Waals surface area contributed by atoms with Crippen molar-refractivity contribution in [3.05, 3.63) is 58.8 Å². The van der Waals surface area contributed by atoms with Crippen LogP contribution in [0.25, 0.3) is 0 Å². The Hall–Kier alpha value is -1.82. The maximum Gasteiger partial charge on any atom is 0.339 e. The van der Waals surface area contributed by atoms with Crippen LogP contribution in [-0.2, 0) is 0 Å². The first-order valence-corrected chi connectivity index (χ1v) is 9.17. The zero-order chi connectivity index (χ0) is 18.4. The topological polar surface area (TPSA) is 56.7 Å². The van der Waals surface area contributed by atoms with E-state index in [1.165, 1.54) is 11.1 Å². The molecule has 2 aromatic rings. The molecule has 3 heterocycles. The maximum absolute atomic E-state index is 11.6. The monoisotopic (exact) mass is 423 g/mol. The van der Waals surface area contributed by atoms with Gasteiger partial charge < -0.3 is 10.0 Å². The van der Waals surface area contributed by atoms with Crippen LogP contribution >= 0.6 is 24.8 Å². The lowest BCUT2D eigenvalue weighted by atomic mass is 9.88. The molecule has 7 heteroatoms. The summed E-state index contributed by atoms with van der Waals surface area (Å²) >= 11 is 0. The summed E-state index contributed by atoms with van der Waals surface area (Å²) in [6.45, 7) is 6.84. The second-order valence-electron chi connectivity index (χ2n) is 7.70. The minimum atomic E-state index is -0.905. The molecule has 1 aromatic carbocycles. The quantitative estimate of drug-likeness (QED) is 0.808. The predicted molar refractivity (Wildman–Crippen MR) is 116 cm³/mol. The van der Waals surface area contributed by atoms with Gasteiger partial charge in [0.1, 0.15) is 11.4 Å². The molecule has 2 saturated heterocycles. The van der Waals surface area contributed by atoms with Crippen molar-refractivity contribution in [1.29, 1.82) is 0 Å². The number of nitrogens with zero attached hydrogens (tertiary/aromatic N) is 3. The first-order valence-electron chi connectivity index (χ1n) is 9.17. The Morgan fingerprint density at radius 2 is 1.79 bits per heavy atom. The lowest BCUT2D eigenvalue weighted by molar-refractivity contribution is 0.0697. The van der Waals surface area contributed by atoms with Gasteiger partial charge in [0.05, 0.1) is 0 Å². The molecule has 2 fully saturated rings. The van der Waals surface area contributed by atoms with E-state index in [2.05, 4.69) is 53.0 Å². The van der Waals surface area contributed by atoms with Crippen LogP contribution in [0.15, 0.2) is 36.4 Å². The third-order valence-electron chi connectivity index (χ3n) is 5.95. The van der Waals surface area contributed by atoms with Gasteiger partial charge in [-0.3, -0.25) is 4.90 Å². The number of aryl methyl sites for hydroxylation is 2. The third-order valence-corrected chi connectivity index (χ3v) is 5.95.